The summed E-state index contributed by atoms with van der Waals surface area (Å²) in [6.45, 7) is 15.6. The molecule has 1 N–H and O–H groups in total. The van der Waals surface area contributed by atoms with Crippen molar-refractivity contribution in [2.45, 2.75) is 65.3 Å². The zero-order valence-electron chi connectivity index (χ0n) is 22.8. The Hall–Kier alpha value is -1.97. The van der Waals surface area contributed by atoms with Crippen LogP contribution in [0.15, 0.2) is 18.2 Å². The van der Waals surface area contributed by atoms with Crippen LogP contribution < -0.4 is 9.62 Å². The highest BCUT2D eigenvalue weighted by Crippen LogP contribution is 2.32. The molecule has 0 atom stereocenters. The minimum atomic E-state index is -0.0203. The van der Waals surface area contributed by atoms with Gasteiger partial charge in [0, 0.05) is 77.1 Å². The molecule has 0 radical (unpaired) electrons. The van der Waals surface area contributed by atoms with E-state index in [9.17, 15) is 4.79 Å². The second-order valence-corrected chi connectivity index (χ2v) is 12.3. The number of aromatic nitrogens is 2. The molecule has 2 aromatic rings. The Bertz CT molecular complexity index is 1010. The number of carbonyl (C=O) groups is 1. The van der Waals surface area contributed by atoms with Gasteiger partial charge in [-0.3, -0.25) is 0 Å². The first-order chi connectivity index (χ1) is 17.3. The first kappa shape index (κ1) is 27.1. The average Bonchev–Trinajstić information content (AvgIpc) is 3.23. The van der Waals surface area contributed by atoms with Crippen molar-refractivity contribution < 1.29 is 9.53 Å². The summed E-state index contributed by atoms with van der Waals surface area (Å²) >= 11 is 1.72. The Kier molecular flexibility index (Phi) is 9.06. The molecular weight excluding hydrogens is 472 g/mol. The molecule has 2 saturated heterocycles. The first-order valence-corrected chi connectivity index (χ1v) is 14.3. The van der Waals surface area contributed by atoms with Crippen molar-refractivity contribution in [3.8, 4) is 0 Å². The summed E-state index contributed by atoms with van der Waals surface area (Å²) < 4.78 is 12.6. The molecule has 1 aromatic carbocycles. The van der Waals surface area contributed by atoms with E-state index >= 15 is 0 Å². The topological polar surface area (TPSA) is 65.9 Å². The van der Waals surface area contributed by atoms with Crippen LogP contribution in [0.25, 0.3) is 11.0 Å². The van der Waals surface area contributed by atoms with Gasteiger partial charge < -0.3 is 23.8 Å². The average molecular weight is 517 g/mol. The number of piperazine rings is 1. The number of imidazole rings is 1. The predicted octanol–water partition coefficient (Wildman–Crippen LogP) is 4.89. The Balaban J connectivity index is 1.41. The zero-order chi connectivity index (χ0) is 25.7. The number of hydrogen-bond donors (Lipinski definition) is 1. The molecule has 9 heteroatoms. The number of nitrogens with one attached hydrogen (secondary N) is 1. The van der Waals surface area contributed by atoms with Gasteiger partial charge in [0.25, 0.3) is 0 Å². The summed E-state index contributed by atoms with van der Waals surface area (Å²) in [5.41, 5.74) is 3.40. The van der Waals surface area contributed by atoms with Crippen molar-refractivity contribution in [2.24, 2.45) is 5.92 Å². The van der Waals surface area contributed by atoms with Crippen molar-refractivity contribution in [3.05, 3.63) is 24.0 Å². The Morgan fingerprint density at radius 2 is 1.92 bits per heavy atom. The van der Waals surface area contributed by atoms with Gasteiger partial charge in [0.1, 0.15) is 5.82 Å². The normalized spacial score (nSPS) is 18.1. The fraction of sp³-hybridized carbons (Fsp3) is 0.704. The molecule has 200 valence electrons. The molecule has 0 saturated carbocycles. The van der Waals surface area contributed by atoms with Crippen LogP contribution in [0.5, 0.6) is 0 Å². The number of nitrogens with zero attached hydrogens (tertiary/aromatic N) is 5. The summed E-state index contributed by atoms with van der Waals surface area (Å²) in [6.07, 6.45) is 4.36. The van der Waals surface area contributed by atoms with Crippen molar-refractivity contribution in [1.29, 1.82) is 0 Å². The van der Waals surface area contributed by atoms with Gasteiger partial charge in [-0.05, 0) is 43.4 Å². The SMILES string of the molecule is CCCCNC(=O)N1CCN(SN(C)c2ccc3c(c2)nc(C(C)(C)C)n3CC2CCOCC2)CC1. The first-order valence-electron chi connectivity index (χ1n) is 13.5. The Morgan fingerprint density at radius 1 is 1.19 bits per heavy atom. The van der Waals surface area contributed by atoms with Crippen LogP contribution in [0, 0.1) is 5.92 Å². The third-order valence-electron chi connectivity index (χ3n) is 7.12. The molecule has 2 aliphatic rings. The molecule has 36 heavy (non-hydrogen) atoms. The quantitative estimate of drug-likeness (QED) is 0.398. The number of unbranched alkanes of at least 4 members (excludes halogenated alkanes) is 1. The van der Waals surface area contributed by atoms with Gasteiger partial charge in [0.05, 0.1) is 16.7 Å². The van der Waals surface area contributed by atoms with Crippen LogP contribution in [-0.4, -0.2) is 77.8 Å². The second kappa shape index (κ2) is 12.0. The molecule has 1 aromatic heterocycles. The summed E-state index contributed by atoms with van der Waals surface area (Å²) in [4.78, 5) is 19.4. The highest BCUT2D eigenvalue weighted by molar-refractivity contribution is 7.98. The number of benzene rings is 1. The molecule has 2 aliphatic heterocycles. The second-order valence-electron chi connectivity index (χ2n) is 11.1. The largest absolute Gasteiger partial charge is 0.381 e. The summed E-state index contributed by atoms with van der Waals surface area (Å²) in [6, 6.07) is 6.73. The molecular formula is C27H44N6O2S. The van der Waals surface area contributed by atoms with Crippen molar-refractivity contribution in [3.63, 3.8) is 0 Å². The lowest BCUT2D eigenvalue weighted by atomic mass is 9.94. The van der Waals surface area contributed by atoms with Gasteiger partial charge in [-0.2, -0.15) is 0 Å². The standard InChI is InChI=1S/C27H44N6O2S/c1-6-7-12-28-26(34)31-13-15-32(16-14-31)36-30(5)22-8-9-24-23(19-22)29-25(27(2,3)4)33(24)20-21-10-17-35-18-11-21/h8-9,19,21H,6-7,10-18,20H2,1-5H3,(H,28,34). The molecule has 3 heterocycles. The van der Waals surface area contributed by atoms with Crippen molar-refractivity contribution in [1.82, 2.24) is 24.1 Å². The van der Waals surface area contributed by atoms with Gasteiger partial charge in [0.15, 0.2) is 0 Å². The maximum atomic E-state index is 12.3. The van der Waals surface area contributed by atoms with Crippen LogP contribution in [-0.2, 0) is 16.7 Å². The maximum Gasteiger partial charge on any atom is 0.317 e. The highest BCUT2D eigenvalue weighted by Gasteiger charge is 2.26. The van der Waals surface area contributed by atoms with Crippen LogP contribution in [0.2, 0.25) is 0 Å². The zero-order valence-corrected chi connectivity index (χ0v) is 23.6. The number of anilines is 1. The molecule has 2 amide bonds. The molecule has 0 spiro atoms. The summed E-state index contributed by atoms with van der Waals surface area (Å²) in [5, 5.41) is 3.03. The number of hydrogen-bond acceptors (Lipinski definition) is 6. The summed E-state index contributed by atoms with van der Waals surface area (Å²) in [5.74, 6) is 1.80. The van der Waals surface area contributed by atoms with Crippen LogP contribution in [0.4, 0.5) is 10.5 Å². The van der Waals surface area contributed by atoms with Crippen LogP contribution in [0.3, 0.4) is 0 Å². The predicted molar refractivity (Wildman–Crippen MR) is 149 cm³/mol. The van der Waals surface area contributed by atoms with E-state index in [0.29, 0.717) is 5.92 Å². The van der Waals surface area contributed by atoms with E-state index in [-0.39, 0.29) is 11.4 Å². The minimum Gasteiger partial charge on any atom is -0.381 e. The Labute approximate surface area is 221 Å². The number of carbonyl (C=O) groups excluding carboxylic acids is 1. The molecule has 8 nitrogen and oxygen atoms in total. The maximum absolute atomic E-state index is 12.3. The van der Waals surface area contributed by atoms with Crippen molar-refractivity contribution in [2.75, 3.05) is 57.3 Å². The molecule has 2 fully saturated rings. The van der Waals surface area contributed by atoms with E-state index in [0.717, 1.165) is 95.2 Å². The van der Waals surface area contributed by atoms with E-state index in [4.69, 9.17) is 9.72 Å². The van der Waals surface area contributed by atoms with Crippen LogP contribution >= 0.6 is 12.1 Å². The van der Waals surface area contributed by atoms with Crippen LogP contribution in [0.1, 0.15) is 59.2 Å². The lowest BCUT2D eigenvalue weighted by Crippen LogP contribution is -2.50. The number of ether oxygens (including phenoxy) is 1. The lowest BCUT2D eigenvalue weighted by molar-refractivity contribution is 0.0611. The highest BCUT2D eigenvalue weighted by atomic mass is 32.2. The molecule has 4 rings (SSSR count). The monoisotopic (exact) mass is 516 g/mol. The smallest absolute Gasteiger partial charge is 0.317 e. The van der Waals surface area contributed by atoms with Gasteiger partial charge in [-0.1, -0.05) is 34.1 Å². The lowest BCUT2D eigenvalue weighted by Gasteiger charge is -2.35. The van der Waals surface area contributed by atoms with E-state index in [2.05, 4.69) is 71.4 Å². The van der Waals surface area contributed by atoms with Gasteiger partial charge >= 0.3 is 6.03 Å². The van der Waals surface area contributed by atoms with Crippen molar-refractivity contribution >= 4 is 34.9 Å². The fourth-order valence-corrected chi connectivity index (χ4v) is 5.82. The Morgan fingerprint density at radius 3 is 2.58 bits per heavy atom. The summed E-state index contributed by atoms with van der Waals surface area (Å²) in [7, 11) is 2.11. The molecule has 0 bridgehead atoms. The molecule has 0 aliphatic carbocycles. The van der Waals surface area contributed by atoms with E-state index in [1.54, 1.807) is 12.1 Å². The van der Waals surface area contributed by atoms with Gasteiger partial charge in [-0.25, -0.2) is 14.1 Å². The van der Waals surface area contributed by atoms with E-state index in [1.807, 2.05) is 4.90 Å². The minimum absolute atomic E-state index is 0.0203. The third kappa shape index (κ3) is 6.66. The van der Waals surface area contributed by atoms with Gasteiger partial charge in [0.2, 0.25) is 0 Å². The van der Waals surface area contributed by atoms with E-state index in [1.165, 1.54) is 5.52 Å². The number of urea groups is 1. The fourth-order valence-electron chi connectivity index (χ4n) is 4.94. The van der Waals surface area contributed by atoms with E-state index < -0.39 is 0 Å². The number of amides is 2. The number of fused-ring (bicyclic) bond motifs is 1. The number of rotatable bonds is 8. The third-order valence-corrected chi connectivity index (χ3v) is 8.17. The van der Waals surface area contributed by atoms with Gasteiger partial charge in [-0.15, -0.1) is 0 Å². The molecule has 0 unspecified atom stereocenters.